The number of halogens is 1. The molecule has 1 aromatic rings. The van der Waals surface area contributed by atoms with Crippen LogP contribution in [0.4, 0.5) is 11.8 Å². The molecule has 1 atom stereocenters. The molecule has 8 heteroatoms. The Labute approximate surface area is 142 Å². The summed E-state index contributed by atoms with van der Waals surface area (Å²) in [6.45, 7) is 6.59. The molecule has 0 bridgehead atoms. The Balaban J connectivity index is 1.63. The van der Waals surface area contributed by atoms with Gasteiger partial charge in [-0.3, -0.25) is 4.90 Å². The Hall–Kier alpha value is -1.15. The predicted molar refractivity (Wildman–Crippen MR) is 92.3 cm³/mol. The van der Waals surface area contributed by atoms with Crippen LogP contribution >= 0.6 is 11.6 Å². The summed E-state index contributed by atoms with van der Waals surface area (Å²) >= 11 is 6.19. The van der Waals surface area contributed by atoms with Crippen molar-refractivity contribution in [3.8, 4) is 0 Å². The molecule has 2 saturated heterocycles. The van der Waals surface area contributed by atoms with Crippen LogP contribution in [0.15, 0.2) is 6.07 Å². The van der Waals surface area contributed by atoms with Crippen LogP contribution in [0.1, 0.15) is 12.8 Å². The highest BCUT2D eigenvalue weighted by molar-refractivity contribution is 6.29. The fraction of sp³-hybridized carbons (Fsp3) is 0.733. The lowest BCUT2D eigenvalue weighted by molar-refractivity contribution is 0.188. The van der Waals surface area contributed by atoms with Gasteiger partial charge in [0.1, 0.15) is 11.0 Å². The van der Waals surface area contributed by atoms with E-state index in [1.807, 2.05) is 6.07 Å². The average molecular weight is 341 g/mol. The number of aliphatic hydroxyl groups is 1. The summed E-state index contributed by atoms with van der Waals surface area (Å²) < 4.78 is 0. The summed E-state index contributed by atoms with van der Waals surface area (Å²) in [4.78, 5) is 13.4. The Morgan fingerprint density at radius 2 is 2.13 bits per heavy atom. The van der Waals surface area contributed by atoms with Crippen molar-refractivity contribution in [2.45, 2.75) is 18.9 Å². The Morgan fingerprint density at radius 1 is 1.30 bits per heavy atom. The van der Waals surface area contributed by atoms with Gasteiger partial charge in [-0.2, -0.15) is 4.98 Å². The molecule has 0 aliphatic carbocycles. The maximum Gasteiger partial charge on any atom is 0.226 e. The first-order valence-corrected chi connectivity index (χ1v) is 8.72. The second-order valence-corrected chi connectivity index (χ2v) is 6.50. The number of piperidine rings is 1. The Morgan fingerprint density at radius 3 is 2.83 bits per heavy atom. The van der Waals surface area contributed by atoms with Crippen molar-refractivity contribution >= 4 is 23.4 Å². The Bertz CT molecular complexity index is 503. The zero-order valence-corrected chi connectivity index (χ0v) is 14.1. The molecule has 0 radical (unpaired) electrons. The van der Waals surface area contributed by atoms with Crippen LogP contribution in [0.5, 0.6) is 0 Å². The van der Waals surface area contributed by atoms with Crippen LogP contribution in [0.25, 0.3) is 0 Å². The van der Waals surface area contributed by atoms with Crippen molar-refractivity contribution in [3.05, 3.63) is 11.2 Å². The first kappa shape index (κ1) is 16.7. The number of hydrogen-bond donors (Lipinski definition) is 3. The van der Waals surface area contributed by atoms with Gasteiger partial charge in [-0.1, -0.05) is 11.6 Å². The molecule has 23 heavy (non-hydrogen) atoms. The molecule has 3 heterocycles. The second kappa shape index (κ2) is 8.10. The van der Waals surface area contributed by atoms with E-state index in [2.05, 4.69) is 30.4 Å². The normalized spacial score (nSPS) is 23.0. The lowest BCUT2D eigenvalue weighted by Crippen LogP contribution is -2.47. The molecule has 3 rings (SSSR count). The largest absolute Gasteiger partial charge is 0.395 e. The van der Waals surface area contributed by atoms with Crippen molar-refractivity contribution in [2.24, 2.45) is 0 Å². The minimum atomic E-state index is 0.211. The van der Waals surface area contributed by atoms with E-state index in [1.54, 1.807) is 0 Å². The number of aromatic nitrogens is 2. The number of anilines is 2. The third kappa shape index (κ3) is 4.67. The summed E-state index contributed by atoms with van der Waals surface area (Å²) in [6.07, 6.45) is 2.29. The van der Waals surface area contributed by atoms with Gasteiger partial charge >= 0.3 is 0 Å². The minimum Gasteiger partial charge on any atom is -0.395 e. The SMILES string of the molecule is OCCN1CCN(c2cc(Cl)nc(N[C@H]3CCCNC3)n2)CC1. The third-order valence-electron chi connectivity index (χ3n) is 4.42. The van der Waals surface area contributed by atoms with Crippen LogP contribution in [0.2, 0.25) is 5.15 Å². The van der Waals surface area contributed by atoms with E-state index in [0.29, 0.717) is 17.1 Å². The molecule has 2 fully saturated rings. The van der Waals surface area contributed by atoms with Gasteiger partial charge in [0.2, 0.25) is 5.95 Å². The standard InChI is InChI=1S/C15H25ClN6O/c16-13-10-14(22-6-4-21(5-7-22)8-9-23)20-15(19-13)18-12-2-1-3-17-11-12/h10,12,17,23H,1-9,11H2,(H,18,19,20)/t12-/m0/s1. The molecule has 0 amide bonds. The fourth-order valence-electron chi connectivity index (χ4n) is 3.13. The highest BCUT2D eigenvalue weighted by Crippen LogP contribution is 2.20. The first-order chi connectivity index (χ1) is 11.2. The van der Waals surface area contributed by atoms with Gasteiger partial charge in [0.25, 0.3) is 0 Å². The van der Waals surface area contributed by atoms with Gasteiger partial charge in [-0.25, -0.2) is 4.98 Å². The fourth-order valence-corrected chi connectivity index (χ4v) is 3.31. The first-order valence-electron chi connectivity index (χ1n) is 8.34. The maximum atomic E-state index is 9.02. The number of nitrogens with zero attached hydrogens (tertiary/aromatic N) is 4. The molecule has 7 nitrogen and oxygen atoms in total. The minimum absolute atomic E-state index is 0.211. The highest BCUT2D eigenvalue weighted by atomic mass is 35.5. The molecule has 0 aromatic carbocycles. The number of hydrogen-bond acceptors (Lipinski definition) is 7. The maximum absolute atomic E-state index is 9.02. The van der Waals surface area contributed by atoms with Crippen molar-refractivity contribution in [1.82, 2.24) is 20.2 Å². The number of aliphatic hydroxyl groups excluding tert-OH is 1. The van der Waals surface area contributed by atoms with Crippen molar-refractivity contribution in [1.29, 1.82) is 0 Å². The number of rotatable bonds is 5. The van der Waals surface area contributed by atoms with Gasteiger partial charge in [-0.05, 0) is 19.4 Å². The summed E-state index contributed by atoms with van der Waals surface area (Å²) in [5, 5.41) is 16.3. The number of nitrogens with one attached hydrogen (secondary N) is 2. The van der Waals surface area contributed by atoms with Gasteiger partial charge in [0, 0.05) is 51.4 Å². The summed E-state index contributed by atoms with van der Waals surface area (Å²) in [5.41, 5.74) is 0. The van der Waals surface area contributed by atoms with Gasteiger partial charge in [0.05, 0.1) is 6.61 Å². The highest BCUT2D eigenvalue weighted by Gasteiger charge is 2.20. The van der Waals surface area contributed by atoms with E-state index in [4.69, 9.17) is 16.7 Å². The smallest absolute Gasteiger partial charge is 0.226 e. The van der Waals surface area contributed by atoms with Crippen LogP contribution in [0.3, 0.4) is 0 Å². The molecule has 2 aliphatic heterocycles. The molecule has 0 saturated carbocycles. The molecule has 2 aliphatic rings. The predicted octanol–water partition coefficient (Wildman–Crippen LogP) is 0.408. The van der Waals surface area contributed by atoms with Crippen molar-refractivity contribution in [2.75, 3.05) is 62.6 Å². The molecule has 3 N–H and O–H groups in total. The van der Waals surface area contributed by atoms with Crippen LogP contribution < -0.4 is 15.5 Å². The summed E-state index contributed by atoms with van der Waals surface area (Å²) in [6, 6.07) is 2.18. The summed E-state index contributed by atoms with van der Waals surface area (Å²) in [5.74, 6) is 1.49. The van der Waals surface area contributed by atoms with E-state index in [-0.39, 0.29) is 6.61 Å². The second-order valence-electron chi connectivity index (χ2n) is 6.11. The van der Waals surface area contributed by atoms with Crippen LogP contribution in [0, 0.1) is 0 Å². The zero-order chi connectivity index (χ0) is 16.1. The van der Waals surface area contributed by atoms with Gasteiger partial charge in [-0.15, -0.1) is 0 Å². The number of β-amino-alcohol motifs (C(OH)–C–C–N with tert-alkyl or cyclic N) is 1. The molecule has 0 spiro atoms. The molecule has 128 valence electrons. The van der Waals surface area contributed by atoms with Crippen molar-refractivity contribution < 1.29 is 5.11 Å². The van der Waals surface area contributed by atoms with Crippen LogP contribution in [-0.2, 0) is 0 Å². The Kier molecular flexibility index (Phi) is 5.88. The molecular weight excluding hydrogens is 316 g/mol. The van der Waals surface area contributed by atoms with E-state index in [1.165, 1.54) is 0 Å². The monoisotopic (exact) mass is 340 g/mol. The van der Waals surface area contributed by atoms with Gasteiger partial charge in [0.15, 0.2) is 0 Å². The van der Waals surface area contributed by atoms with E-state index < -0.39 is 0 Å². The van der Waals surface area contributed by atoms with Crippen LogP contribution in [-0.4, -0.2) is 78.4 Å². The van der Waals surface area contributed by atoms with E-state index in [9.17, 15) is 0 Å². The van der Waals surface area contributed by atoms with Crippen molar-refractivity contribution in [3.63, 3.8) is 0 Å². The topological polar surface area (TPSA) is 76.6 Å². The third-order valence-corrected chi connectivity index (χ3v) is 4.62. The molecular formula is C15H25ClN6O. The molecule has 0 unspecified atom stereocenters. The van der Waals surface area contributed by atoms with Gasteiger partial charge < -0.3 is 20.6 Å². The van der Waals surface area contributed by atoms with E-state index >= 15 is 0 Å². The summed E-state index contributed by atoms with van der Waals surface area (Å²) in [7, 11) is 0. The molecule has 1 aromatic heterocycles. The zero-order valence-electron chi connectivity index (χ0n) is 13.3. The lowest BCUT2D eigenvalue weighted by Gasteiger charge is -2.35. The lowest BCUT2D eigenvalue weighted by atomic mass is 10.1. The number of piperazine rings is 1. The average Bonchev–Trinajstić information content (AvgIpc) is 2.56. The quantitative estimate of drug-likeness (QED) is 0.670. The van der Waals surface area contributed by atoms with E-state index in [0.717, 1.165) is 64.5 Å².